The molecule has 5 aliphatic rings. The first kappa shape index (κ1) is 46.1. The van der Waals surface area contributed by atoms with E-state index in [1.807, 2.05) is 42.5 Å². The zero-order valence-electron chi connectivity index (χ0n) is 36.4. The molecule has 0 bridgehead atoms. The summed E-state index contributed by atoms with van der Waals surface area (Å²) >= 11 is 18.8. The number of hydrogen-bond donors (Lipinski definition) is 1. The molecule has 20 heteroatoms. The molecule has 0 saturated carbocycles. The van der Waals surface area contributed by atoms with Crippen LogP contribution < -0.4 is 24.0 Å². The molecule has 4 fully saturated rings. The summed E-state index contributed by atoms with van der Waals surface area (Å²) < 4.78 is 40.5. The van der Waals surface area contributed by atoms with Crippen molar-refractivity contribution < 1.29 is 37.1 Å². The van der Waals surface area contributed by atoms with Crippen molar-refractivity contribution in [2.24, 2.45) is 0 Å². The maximum atomic E-state index is 13.7. The van der Waals surface area contributed by atoms with Gasteiger partial charge in [-0.1, -0.05) is 49.2 Å². The molecule has 66 heavy (non-hydrogen) atoms. The van der Waals surface area contributed by atoms with Crippen molar-refractivity contribution in [2.75, 3.05) is 66.8 Å². The van der Waals surface area contributed by atoms with Crippen LogP contribution >= 0.6 is 34.8 Å². The number of carbonyl (C=O) groups is 4. The van der Waals surface area contributed by atoms with Crippen LogP contribution in [0.5, 0.6) is 11.5 Å². The SMILES string of the molecule is CC(C)(c1ccc(OCc2ccnc(N3CCN(C4CCN(C5CN(c6ccc7c(c6)C(=O)N(C6CCC(=O)NC6=O)C7=O)C5)CC4)CS3(=O)=O)n2)cc1)c1cc(Cl)c(OCCCl)c(Cl)c1. The lowest BCUT2D eigenvalue weighted by Gasteiger charge is -2.50. The van der Waals surface area contributed by atoms with E-state index in [-0.39, 0.29) is 55.0 Å². The second-order valence-corrected chi connectivity index (χ2v) is 20.8. The number of amides is 4. The van der Waals surface area contributed by atoms with Crippen LogP contribution in [0, 0.1) is 0 Å². The van der Waals surface area contributed by atoms with Crippen LogP contribution in [0.25, 0.3) is 0 Å². The monoisotopic (exact) mass is 978 g/mol. The van der Waals surface area contributed by atoms with Crippen LogP contribution in [-0.2, 0) is 31.6 Å². The molecule has 1 unspecified atom stereocenters. The standard InChI is InChI=1S/C46H49Cl3N8O8S/c1-46(2,29-21-37(48)41(38(49)22-29)64-20-14-47)28-3-6-34(7-4-28)65-26-30-11-15-50-45(51-30)56-19-18-54(27-66(56,62)63)31-12-16-53(17-13-31)33-24-55(25-33)32-5-8-35-36(23-32)44(61)57(43(35)60)39-9-10-40(58)52-42(39)59/h3-8,11,15,21-23,31,33,39H,9-10,12-14,16-20,24-27H2,1-2H3,(H,52,58,59). The maximum Gasteiger partial charge on any atom is 0.262 e. The zero-order chi connectivity index (χ0) is 46.5. The molecular weight excluding hydrogens is 931 g/mol. The molecule has 4 aromatic rings. The molecule has 348 valence electrons. The Morgan fingerprint density at radius 1 is 0.803 bits per heavy atom. The molecule has 1 aromatic heterocycles. The van der Waals surface area contributed by atoms with E-state index in [2.05, 4.69) is 43.8 Å². The van der Waals surface area contributed by atoms with Crippen LogP contribution in [0.2, 0.25) is 10.0 Å². The fourth-order valence-corrected chi connectivity index (χ4v) is 11.7. The Balaban J connectivity index is 0.743. The summed E-state index contributed by atoms with van der Waals surface area (Å²) in [6.07, 6.45) is 3.40. The van der Waals surface area contributed by atoms with Gasteiger partial charge in [-0.2, -0.15) is 0 Å². The number of likely N-dealkylation sites (tertiary alicyclic amines) is 1. The summed E-state index contributed by atoms with van der Waals surface area (Å²) in [5.74, 6) is -0.740. The van der Waals surface area contributed by atoms with Crippen LogP contribution in [0.1, 0.15) is 77.1 Å². The van der Waals surface area contributed by atoms with E-state index in [0.717, 1.165) is 60.7 Å². The van der Waals surface area contributed by atoms with Gasteiger partial charge in [0.15, 0.2) is 5.75 Å². The average molecular weight is 980 g/mol. The van der Waals surface area contributed by atoms with Crippen molar-refractivity contribution in [1.82, 2.24) is 30.0 Å². The minimum atomic E-state index is -3.74. The predicted octanol–water partition coefficient (Wildman–Crippen LogP) is 5.47. The van der Waals surface area contributed by atoms with Gasteiger partial charge in [-0.25, -0.2) is 22.7 Å². The number of imide groups is 2. The minimum Gasteiger partial charge on any atom is -0.489 e. The number of ether oxygens (including phenoxy) is 2. The first-order valence-corrected chi connectivity index (χ1v) is 24.8. The molecule has 4 saturated heterocycles. The van der Waals surface area contributed by atoms with Gasteiger partial charge in [0.2, 0.25) is 17.8 Å². The van der Waals surface area contributed by atoms with Crippen LogP contribution in [0.15, 0.2) is 66.9 Å². The van der Waals surface area contributed by atoms with E-state index in [0.29, 0.717) is 52.3 Å². The molecule has 0 aliphatic carbocycles. The van der Waals surface area contributed by atoms with Gasteiger partial charge in [0.1, 0.15) is 30.9 Å². The lowest BCUT2D eigenvalue weighted by molar-refractivity contribution is -0.136. The van der Waals surface area contributed by atoms with E-state index >= 15 is 0 Å². The molecule has 6 heterocycles. The molecule has 4 amide bonds. The van der Waals surface area contributed by atoms with E-state index in [1.54, 1.807) is 24.4 Å². The highest BCUT2D eigenvalue weighted by molar-refractivity contribution is 7.92. The number of carbonyl (C=O) groups excluding carboxylic acids is 4. The van der Waals surface area contributed by atoms with E-state index in [1.165, 1.54) is 4.31 Å². The normalized spacial score (nSPS) is 20.9. The molecule has 0 spiro atoms. The number of nitrogens with zero attached hydrogens (tertiary/aromatic N) is 7. The Kier molecular flexibility index (Phi) is 13.0. The van der Waals surface area contributed by atoms with E-state index < -0.39 is 45.1 Å². The smallest absolute Gasteiger partial charge is 0.262 e. The van der Waals surface area contributed by atoms with Crippen molar-refractivity contribution in [3.05, 3.63) is 105 Å². The zero-order valence-corrected chi connectivity index (χ0v) is 39.5. The summed E-state index contributed by atoms with van der Waals surface area (Å²) in [4.78, 5) is 67.1. The Bertz CT molecular complexity index is 2650. The predicted molar refractivity (Wildman–Crippen MR) is 249 cm³/mol. The quantitative estimate of drug-likeness (QED) is 0.132. The van der Waals surface area contributed by atoms with Gasteiger partial charge in [-0.3, -0.25) is 39.2 Å². The number of anilines is 2. The summed E-state index contributed by atoms with van der Waals surface area (Å²) in [5, 5.41) is 3.05. The molecular formula is C46H49Cl3N8O8S. The molecule has 3 aromatic carbocycles. The fraction of sp³-hybridized carbons (Fsp3) is 0.435. The highest BCUT2D eigenvalue weighted by atomic mass is 35.5. The number of aromatic nitrogens is 2. The third-order valence-electron chi connectivity index (χ3n) is 13.4. The number of nitrogens with one attached hydrogen (secondary N) is 1. The van der Waals surface area contributed by atoms with Crippen molar-refractivity contribution in [2.45, 2.75) is 69.7 Å². The first-order valence-electron chi connectivity index (χ1n) is 21.9. The molecule has 1 N–H and O–H groups in total. The third kappa shape index (κ3) is 9.05. The second-order valence-electron chi connectivity index (χ2n) is 17.7. The van der Waals surface area contributed by atoms with Crippen LogP contribution in [0.4, 0.5) is 11.6 Å². The minimum absolute atomic E-state index is 0.0672. The Hall–Kier alpha value is -5.04. The molecule has 16 nitrogen and oxygen atoms in total. The van der Waals surface area contributed by atoms with Crippen molar-refractivity contribution in [3.63, 3.8) is 0 Å². The number of piperidine rings is 2. The summed E-state index contributed by atoms with van der Waals surface area (Å²) in [6.45, 7) is 8.51. The number of fused-ring (bicyclic) bond motifs is 1. The molecule has 5 aliphatic heterocycles. The van der Waals surface area contributed by atoms with Gasteiger partial charge >= 0.3 is 0 Å². The Morgan fingerprint density at radius 3 is 2.20 bits per heavy atom. The Labute approximate surface area is 398 Å². The van der Waals surface area contributed by atoms with Gasteiger partial charge < -0.3 is 14.4 Å². The average Bonchev–Trinajstić information content (AvgIpc) is 3.52. The highest BCUT2D eigenvalue weighted by Crippen LogP contribution is 2.41. The van der Waals surface area contributed by atoms with Crippen LogP contribution in [-0.4, -0.2) is 132 Å². The topological polar surface area (TPSA) is 175 Å². The lowest BCUT2D eigenvalue weighted by Crippen LogP contribution is -2.62. The van der Waals surface area contributed by atoms with Crippen molar-refractivity contribution >= 4 is 80.1 Å². The van der Waals surface area contributed by atoms with Gasteiger partial charge in [0, 0.05) is 75.1 Å². The number of benzene rings is 3. The second kappa shape index (κ2) is 18.6. The third-order valence-corrected chi connectivity index (χ3v) is 15.8. The van der Waals surface area contributed by atoms with E-state index in [4.69, 9.17) is 44.3 Å². The Morgan fingerprint density at radius 2 is 1.52 bits per heavy atom. The van der Waals surface area contributed by atoms with E-state index in [9.17, 15) is 27.6 Å². The largest absolute Gasteiger partial charge is 0.489 e. The van der Waals surface area contributed by atoms with Crippen molar-refractivity contribution in [1.29, 1.82) is 0 Å². The van der Waals surface area contributed by atoms with Gasteiger partial charge in [-0.05, 0) is 78.9 Å². The number of sulfonamides is 1. The number of alkyl halides is 1. The summed E-state index contributed by atoms with van der Waals surface area (Å²) in [5.41, 5.74) is 3.38. The number of rotatable bonds is 13. The lowest BCUT2D eigenvalue weighted by atomic mass is 9.78. The van der Waals surface area contributed by atoms with Gasteiger partial charge in [-0.15, -0.1) is 11.6 Å². The highest BCUT2D eigenvalue weighted by Gasteiger charge is 2.46. The van der Waals surface area contributed by atoms with Crippen molar-refractivity contribution in [3.8, 4) is 11.5 Å². The maximum absolute atomic E-state index is 13.7. The molecule has 0 radical (unpaired) electrons. The molecule has 9 rings (SSSR count). The summed E-state index contributed by atoms with van der Waals surface area (Å²) in [7, 11) is -3.74. The fourth-order valence-electron chi connectivity index (χ4n) is 9.46. The number of halogens is 3. The number of hydrogen-bond acceptors (Lipinski definition) is 13. The first-order chi connectivity index (χ1) is 31.6. The van der Waals surface area contributed by atoms with Gasteiger partial charge in [0.05, 0.1) is 32.7 Å². The van der Waals surface area contributed by atoms with Crippen LogP contribution in [0.3, 0.4) is 0 Å². The summed E-state index contributed by atoms with van der Waals surface area (Å²) in [6, 6.07) is 17.7. The van der Waals surface area contributed by atoms with Gasteiger partial charge in [0.25, 0.3) is 21.8 Å². The molecule has 1 atom stereocenters.